The number of carbonyl (C=O) groups excluding carboxylic acids is 1. The van der Waals surface area contributed by atoms with Crippen molar-refractivity contribution in [3.63, 3.8) is 0 Å². The highest BCUT2D eigenvalue weighted by atomic mass is 19.4. The topological polar surface area (TPSA) is 26.3 Å². The number of esters is 1. The van der Waals surface area contributed by atoms with Crippen molar-refractivity contribution >= 4 is 5.97 Å². The van der Waals surface area contributed by atoms with E-state index in [-0.39, 0.29) is 17.6 Å². The summed E-state index contributed by atoms with van der Waals surface area (Å²) in [6.45, 7) is 7.30. The van der Waals surface area contributed by atoms with Crippen LogP contribution in [-0.4, -0.2) is 18.8 Å². The Morgan fingerprint density at radius 2 is 1.65 bits per heavy atom. The molecule has 1 aromatic carbocycles. The Bertz CT molecular complexity index is 455. The average molecular weight is 288 g/mol. The van der Waals surface area contributed by atoms with Crippen LogP contribution in [0.2, 0.25) is 0 Å². The van der Waals surface area contributed by atoms with Gasteiger partial charge in [0.05, 0.1) is 6.61 Å². The molecule has 2 nitrogen and oxygen atoms in total. The van der Waals surface area contributed by atoms with Gasteiger partial charge in [0.25, 0.3) is 0 Å². The lowest BCUT2D eigenvalue weighted by molar-refractivity contribution is -0.180. The third-order valence-corrected chi connectivity index (χ3v) is 2.96. The molecule has 5 heteroatoms. The molecule has 0 heterocycles. The molecular weight excluding hydrogens is 269 g/mol. The summed E-state index contributed by atoms with van der Waals surface area (Å²) < 4.78 is 43.6. The first kappa shape index (κ1) is 16.5. The van der Waals surface area contributed by atoms with E-state index in [2.05, 4.69) is 4.74 Å². The van der Waals surface area contributed by atoms with E-state index in [1.807, 2.05) is 20.8 Å². The van der Waals surface area contributed by atoms with Gasteiger partial charge in [0, 0.05) is 0 Å². The molecule has 0 aliphatic heterocycles. The van der Waals surface area contributed by atoms with Crippen molar-refractivity contribution < 1.29 is 22.7 Å². The molecule has 0 fully saturated rings. The van der Waals surface area contributed by atoms with E-state index in [0.29, 0.717) is 0 Å². The van der Waals surface area contributed by atoms with E-state index in [0.717, 1.165) is 5.56 Å². The first-order valence-corrected chi connectivity index (χ1v) is 6.41. The number of carbonyl (C=O) groups is 1. The molecule has 0 amide bonds. The number of alkyl halides is 3. The Kier molecular flexibility index (Phi) is 4.84. The smallest absolute Gasteiger partial charge is 0.406 e. The zero-order chi connectivity index (χ0) is 15.6. The molecule has 1 unspecified atom stereocenters. The summed E-state index contributed by atoms with van der Waals surface area (Å²) in [5.41, 5.74) is 0.658. The van der Waals surface area contributed by atoms with E-state index < -0.39 is 18.1 Å². The minimum Gasteiger partial charge on any atom is -0.465 e. The normalized spacial score (nSPS) is 13.9. The molecule has 0 aliphatic rings. The predicted octanol–water partition coefficient (Wildman–Crippen LogP) is 4.19. The Hall–Kier alpha value is -1.52. The molecule has 0 spiro atoms. The molecule has 0 aliphatic carbocycles. The molecule has 112 valence electrons. The summed E-state index contributed by atoms with van der Waals surface area (Å²) in [7, 11) is 0. The molecule has 1 rings (SSSR count). The Balaban J connectivity index is 3.13. The van der Waals surface area contributed by atoms with Gasteiger partial charge in [-0.1, -0.05) is 45.0 Å². The van der Waals surface area contributed by atoms with Gasteiger partial charge in [-0.25, -0.2) is 0 Å². The highest BCUT2D eigenvalue weighted by molar-refractivity contribution is 5.79. The van der Waals surface area contributed by atoms with E-state index in [4.69, 9.17) is 0 Å². The van der Waals surface area contributed by atoms with Gasteiger partial charge in [0.2, 0.25) is 0 Å². The molecular formula is C15H19F3O2. The largest absolute Gasteiger partial charge is 0.465 e. The van der Waals surface area contributed by atoms with Gasteiger partial charge in [0.1, 0.15) is 0 Å². The monoisotopic (exact) mass is 288 g/mol. The maximum absolute atomic E-state index is 13.0. The van der Waals surface area contributed by atoms with Crippen molar-refractivity contribution in [2.45, 2.75) is 45.2 Å². The van der Waals surface area contributed by atoms with Crippen LogP contribution in [-0.2, 0) is 14.9 Å². The van der Waals surface area contributed by atoms with Crippen LogP contribution in [0.1, 0.15) is 44.7 Å². The van der Waals surface area contributed by atoms with Gasteiger partial charge in [-0.05, 0) is 23.5 Å². The number of ether oxygens (including phenoxy) is 1. The molecule has 0 radical (unpaired) electrons. The first-order valence-electron chi connectivity index (χ1n) is 6.41. The van der Waals surface area contributed by atoms with Crippen molar-refractivity contribution in [1.82, 2.24) is 0 Å². The van der Waals surface area contributed by atoms with Crippen LogP contribution in [0.3, 0.4) is 0 Å². The van der Waals surface area contributed by atoms with Crippen LogP contribution >= 0.6 is 0 Å². The second-order valence-corrected chi connectivity index (χ2v) is 5.60. The summed E-state index contributed by atoms with van der Waals surface area (Å²) in [6.07, 6.45) is -4.66. The summed E-state index contributed by atoms with van der Waals surface area (Å²) in [4.78, 5) is 11.5. The molecule has 0 bridgehead atoms. The van der Waals surface area contributed by atoms with Gasteiger partial charge in [-0.3, -0.25) is 4.79 Å². The molecule has 0 aromatic heterocycles. The van der Waals surface area contributed by atoms with Crippen molar-refractivity contribution in [3.05, 3.63) is 35.4 Å². The standard InChI is InChI=1S/C15H19F3O2/c1-5-20-13(19)12(15(16,17)18)10-6-8-11(9-7-10)14(2,3)4/h6-9,12H,5H2,1-4H3. The fourth-order valence-corrected chi connectivity index (χ4v) is 1.86. The van der Waals surface area contributed by atoms with E-state index in [1.54, 1.807) is 12.1 Å². The number of hydrogen-bond donors (Lipinski definition) is 0. The second kappa shape index (κ2) is 5.85. The minimum atomic E-state index is -4.66. The number of rotatable bonds is 3. The average Bonchev–Trinajstić information content (AvgIpc) is 2.27. The number of hydrogen-bond acceptors (Lipinski definition) is 2. The zero-order valence-corrected chi connectivity index (χ0v) is 12.0. The highest BCUT2D eigenvalue weighted by Gasteiger charge is 2.47. The van der Waals surface area contributed by atoms with E-state index in [9.17, 15) is 18.0 Å². The second-order valence-electron chi connectivity index (χ2n) is 5.60. The van der Waals surface area contributed by atoms with Gasteiger partial charge in [0.15, 0.2) is 5.92 Å². The molecule has 0 saturated carbocycles. The van der Waals surface area contributed by atoms with Crippen molar-refractivity contribution in [2.75, 3.05) is 6.61 Å². The van der Waals surface area contributed by atoms with Crippen LogP contribution in [0.4, 0.5) is 13.2 Å². The fraction of sp³-hybridized carbons (Fsp3) is 0.533. The molecule has 1 aromatic rings. The van der Waals surface area contributed by atoms with Crippen molar-refractivity contribution in [3.8, 4) is 0 Å². The number of halogens is 3. The Labute approximate surface area is 116 Å². The van der Waals surface area contributed by atoms with E-state index >= 15 is 0 Å². The quantitative estimate of drug-likeness (QED) is 0.779. The lowest BCUT2D eigenvalue weighted by Crippen LogP contribution is -2.30. The summed E-state index contributed by atoms with van der Waals surface area (Å²) in [6, 6.07) is 5.92. The Morgan fingerprint density at radius 3 is 2.00 bits per heavy atom. The minimum absolute atomic E-state index is 0.0779. The fourth-order valence-electron chi connectivity index (χ4n) is 1.86. The van der Waals surface area contributed by atoms with Crippen LogP contribution in [0, 0.1) is 0 Å². The van der Waals surface area contributed by atoms with Gasteiger partial charge >= 0.3 is 12.1 Å². The van der Waals surface area contributed by atoms with Crippen LogP contribution in [0.25, 0.3) is 0 Å². The molecule has 20 heavy (non-hydrogen) atoms. The summed E-state index contributed by atoms with van der Waals surface area (Å²) in [5.74, 6) is -3.49. The lowest BCUT2D eigenvalue weighted by Gasteiger charge is -2.22. The van der Waals surface area contributed by atoms with Crippen LogP contribution < -0.4 is 0 Å². The summed E-state index contributed by atoms with van der Waals surface area (Å²) in [5, 5.41) is 0. The Morgan fingerprint density at radius 1 is 1.15 bits per heavy atom. The van der Waals surface area contributed by atoms with Gasteiger partial charge < -0.3 is 4.74 Å². The maximum atomic E-state index is 13.0. The molecule has 1 atom stereocenters. The van der Waals surface area contributed by atoms with Crippen LogP contribution in [0.5, 0.6) is 0 Å². The number of benzene rings is 1. The van der Waals surface area contributed by atoms with Crippen molar-refractivity contribution in [1.29, 1.82) is 0 Å². The SMILES string of the molecule is CCOC(=O)C(c1ccc(C(C)(C)C)cc1)C(F)(F)F. The van der Waals surface area contributed by atoms with Gasteiger partial charge in [-0.2, -0.15) is 13.2 Å². The first-order chi connectivity index (χ1) is 9.07. The van der Waals surface area contributed by atoms with Crippen LogP contribution in [0.15, 0.2) is 24.3 Å². The maximum Gasteiger partial charge on any atom is 0.406 e. The summed E-state index contributed by atoms with van der Waals surface area (Å²) >= 11 is 0. The van der Waals surface area contributed by atoms with E-state index in [1.165, 1.54) is 19.1 Å². The third kappa shape index (κ3) is 3.99. The third-order valence-electron chi connectivity index (χ3n) is 2.96. The van der Waals surface area contributed by atoms with Gasteiger partial charge in [-0.15, -0.1) is 0 Å². The predicted molar refractivity (Wildman–Crippen MR) is 70.6 cm³/mol. The molecule has 0 saturated heterocycles. The molecule has 0 N–H and O–H groups in total. The van der Waals surface area contributed by atoms with Crippen molar-refractivity contribution in [2.24, 2.45) is 0 Å². The highest BCUT2D eigenvalue weighted by Crippen LogP contribution is 2.36. The lowest BCUT2D eigenvalue weighted by atomic mass is 9.85. The zero-order valence-electron chi connectivity index (χ0n) is 12.0.